The molecule has 1 aliphatic heterocycles. The number of amides is 2. The highest BCUT2D eigenvalue weighted by molar-refractivity contribution is 7.89. The van der Waals surface area contributed by atoms with Gasteiger partial charge in [-0.2, -0.15) is 17.5 Å². The van der Waals surface area contributed by atoms with Gasteiger partial charge in [0.25, 0.3) is 0 Å². The van der Waals surface area contributed by atoms with Gasteiger partial charge in [0.2, 0.25) is 21.8 Å². The normalized spacial score (nSPS) is 19.9. The first kappa shape index (κ1) is 23.5. The molecule has 1 saturated heterocycles. The fourth-order valence-corrected chi connectivity index (χ4v) is 5.29. The molecule has 1 saturated carbocycles. The highest BCUT2D eigenvalue weighted by atomic mass is 32.2. The topological polar surface area (TPSA) is 78.0 Å². The summed E-state index contributed by atoms with van der Waals surface area (Å²) >= 11 is 0. The largest absolute Gasteiger partial charge is 0.406 e. The molecule has 1 aliphatic carbocycles. The maximum atomic E-state index is 12.9. The van der Waals surface area contributed by atoms with Gasteiger partial charge in [-0.1, -0.05) is 13.8 Å². The molecule has 0 spiro atoms. The number of rotatable bonds is 8. The Balaban J connectivity index is 1.73. The second-order valence-corrected chi connectivity index (χ2v) is 9.74. The van der Waals surface area contributed by atoms with E-state index in [2.05, 4.69) is 0 Å². The van der Waals surface area contributed by atoms with Gasteiger partial charge < -0.3 is 9.80 Å². The van der Waals surface area contributed by atoms with Crippen molar-refractivity contribution in [1.29, 1.82) is 0 Å². The number of sulfonamides is 1. The molecule has 0 N–H and O–H groups in total. The van der Waals surface area contributed by atoms with Crippen molar-refractivity contribution in [3.05, 3.63) is 24.3 Å². The van der Waals surface area contributed by atoms with Gasteiger partial charge >= 0.3 is 6.18 Å². The van der Waals surface area contributed by atoms with Crippen molar-refractivity contribution in [2.75, 3.05) is 31.1 Å². The van der Waals surface area contributed by atoms with E-state index in [4.69, 9.17) is 0 Å². The van der Waals surface area contributed by atoms with Crippen LogP contribution in [0.1, 0.15) is 33.1 Å². The zero-order chi connectivity index (χ0) is 23.0. The summed E-state index contributed by atoms with van der Waals surface area (Å²) in [5.41, 5.74) is 0.410. The molecule has 0 aromatic heterocycles. The Hall–Kier alpha value is -2.14. The first-order valence-electron chi connectivity index (χ1n) is 10.3. The van der Waals surface area contributed by atoms with Gasteiger partial charge in [-0.15, -0.1) is 0 Å². The van der Waals surface area contributed by atoms with E-state index in [1.165, 1.54) is 33.5 Å². The molecule has 2 amide bonds. The number of carbonyl (C=O) groups is 2. The number of hydrogen-bond donors (Lipinski definition) is 0. The average Bonchev–Trinajstić information content (AvgIpc) is 3.47. The van der Waals surface area contributed by atoms with Gasteiger partial charge in [-0.3, -0.25) is 9.59 Å². The van der Waals surface area contributed by atoms with Crippen molar-refractivity contribution in [1.82, 2.24) is 9.21 Å². The number of halogens is 3. The maximum Gasteiger partial charge on any atom is 0.406 e. The van der Waals surface area contributed by atoms with E-state index < -0.39 is 40.6 Å². The molecule has 172 valence electrons. The maximum absolute atomic E-state index is 12.9. The van der Waals surface area contributed by atoms with Gasteiger partial charge in [0, 0.05) is 37.8 Å². The number of nitrogens with zero attached hydrogens (tertiary/aromatic N) is 3. The molecule has 0 unspecified atom stereocenters. The molecule has 1 aromatic carbocycles. The first-order valence-corrected chi connectivity index (χ1v) is 11.7. The summed E-state index contributed by atoms with van der Waals surface area (Å²) < 4.78 is 65.1. The number of anilines is 1. The van der Waals surface area contributed by atoms with Gasteiger partial charge in [0.1, 0.15) is 6.54 Å². The molecule has 1 heterocycles. The Bertz CT molecular complexity index is 926. The van der Waals surface area contributed by atoms with Crippen LogP contribution < -0.4 is 4.90 Å². The van der Waals surface area contributed by atoms with Crippen LogP contribution in [0.4, 0.5) is 18.9 Å². The molecule has 11 heteroatoms. The Labute approximate surface area is 179 Å². The lowest BCUT2D eigenvalue weighted by atomic mass is 10.1. The van der Waals surface area contributed by atoms with Crippen molar-refractivity contribution < 1.29 is 31.2 Å². The van der Waals surface area contributed by atoms with Gasteiger partial charge in [-0.05, 0) is 37.1 Å². The zero-order valence-corrected chi connectivity index (χ0v) is 18.2. The van der Waals surface area contributed by atoms with Crippen LogP contribution in [0.3, 0.4) is 0 Å². The molecule has 7 nitrogen and oxygen atoms in total. The van der Waals surface area contributed by atoms with E-state index in [0.29, 0.717) is 31.6 Å². The molecule has 2 fully saturated rings. The zero-order valence-electron chi connectivity index (χ0n) is 17.4. The van der Waals surface area contributed by atoms with Crippen LogP contribution >= 0.6 is 0 Å². The summed E-state index contributed by atoms with van der Waals surface area (Å²) in [6.45, 7) is 2.78. The lowest BCUT2D eigenvalue weighted by Crippen LogP contribution is -2.44. The Morgan fingerprint density at radius 3 is 2.19 bits per heavy atom. The van der Waals surface area contributed by atoms with Gasteiger partial charge in [0.15, 0.2) is 0 Å². The van der Waals surface area contributed by atoms with Gasteiger partial charge in [-0.25, -0.2) is 8.42 Å². The van der Waals surface area contributed by atoms with E-state index >= 15 is 0 Å². The fraction of sp³-hybridized carbons (Fsp3) is 0.600. The standard InChI is InChI=1S/C20H26F3N3O4S/c1-3-24(4-2)31(29,30)17-9-7-15(8-10-17)25-12-14(11-18(25)27)19(28)26(16-5-6-16)13-20(21,22)23/h7-10,14,16H,3-6,11-13H2,1-2H3/t14-/m1/s1. The lowest BCUT2D eigenvalue weighted by Gasteiger charge is -2.26. The minimum absolute atomic E-state index is 0.0269. The Morgan fingerprint density at radius 1 is 1.13 bits per heavy atom. The Kier molecular flexibility index (Phi) is 6.66. The van der Waals surface area contributed by atoms with E-state index in [-0.39, 0.29) is 23.8 Å². The van der Waals surface area contributed by atoms with Crippen LogP contribution in [0, 0.1) is 5.92 Å². The van der Waals surface area contributed by atoms with E-state index in [9.17, 15) is 31.2 Å². The summed E-state index contributed by atoms with van der Waals surface area (Å²) in [5.74, 6) is -1.88. The number of alkyl halides is 3. The molecule has 1 atom stereocenters. The van der Waals surface area contributed by atoms with Crippen LogP contribution in [0.2, 0.25) is 0 Å². The van der Waals surface area contributed by atoms with Crippen LogP contribution in [0.25, 0.3) is 0 Å². The van der Waals surface area contributed by atoms with Crippen molar-refractivity contribution in [3.8, 4) is 0 Å². The monoisotopic (exact) mass is 461 g/mol. The van der Waals surface area contributed by atoms with Crippen LogP contribution in [-0.4, -0.2) is 67.8 Å². The second-order valence-electron chi connectivity index (χ2n) is 7.80. The third kappa shape index (κ3) is 5.20. The first-order chi connectivity index (χ1) is 14.5. The summed E-state index contributed by atoms with van der Waals surface area (Å²) in [6.07, 6.45) is -3.59. The smallest absolute Gasteiger partial charge is 0.330 e. The molecule has 1 aromatic rings. The minimum Gasteiger partial charge on any atom is -0.330 e. The van der Waals surface area contributed by atoms with Crippen molar-refractivity contribution in [2.24, 2.45) is 5.92 Å². The lowest BCUT2D eigenvalue weighted by molar-refractivity contribution is -0.164. The fourth-order valence-electron chi connectivity index (χ4n) is 3.83. The van der Waals surface area contributed by atoms with Crippen LogP contribution in [0.15, 0.2) is 29.2 Å². The summed E-state index contributed by atoms with van der Waals surface area (Å²) in [6, 6.07) is 5.34. The third-order valence-corrected chi connectivity index (χ3v) is 7.65. The highest BCUT2D eigenvalue weighted by Gasteiger charge is 2.45. The highest BCUT2D eigenvalue weighted by Crippen LogP contribution is 2.34. The summed E-state index contributed by atoms with van der Waals surface area (Å²) in [7, 11) is -3.65. The predicted octanol–water partition coefficient (Wildman–Crippen LogP) is 2.62. The average molecular weight is 462 g/mol. The predicted molar refractivity (Wildman–Crippen MR) is 108 cm³/mol. The molecule has 31 heavy (non-hydrogen) atoms. The van der Waals surface area contributed by atoms with Crippen molar-refractivity contribution >= 4 is 27.5 Å². The quantitative estimate of drug-likeness (QED) is 0.596. The molecule has 0 radical (unpaired) electrons. The SMILES string of the molecule is CCN(CC)S(=O)(=O)c1ccc(N2C[C@H](C(=O)N(CC(F)(F)F)C3CC3)CC2=O)cc1. The number of hydrogen-bond acceptors (Lipinski definition) is 4. The molecular weight excluding hydrogens is 435 g/mol. The van der Waals surface area contributed by atoms with E-state index in [0.717, 1.165) is 4.90 Å². The number of carbonyl (C=O) groups excluding carboxylic acids is 2. The molecule has 3 rings (SSSR count). The molecule has 0 bridgehead atoms. The van der Waals surface area contributed by atoms with Crippen molar-refractivity contribution in [3.63, 3.8) is 0 Å². The minimum atomic E-state index is -4.49. The number of benzene rings is 1. The van der Waals surface area contributed by atoms with Crippen LogP contribution in [0.5, 0.6) is 0 Å². The second kappa shape index (κ2) is 8.78. The summed E-state index contributed by atoms with van der Waals surface area (Å²) in [4.78, 5) is 27.5. The van der Waals surface area contributed by atoms with Gasteiger partial charge in [0.05, 0.1) is 10.8 Å². The Morgan fingerprint density at radius 2 is 1.71 bits per heavy atom. The van der Waals surface area contributed by atoms with Crippen molar-refractivity contribution in [2.45, 2.75) is 50.2 Å². The summed E-state index contributed by atoms with van der Waals surface area (Å²) in [5, 5.41) is 0. The molecule has 2 aliphatic rings. The third-order valence-electron chi connectivity index (χ3n) is 5.59. The molecular formula is C20H26F3N3O4S. The van der Waals surface area contributed by atoms with E-state index in [1.54, 1.807) is 13.8 Å². The van der Waals surface area contributed by atoms with E-state index in [1.807, 2.05) is 0 Å². The van der Waals surface area contributed by atoms with Crippen LogP contribution in [-0.2, 0) is 19.6 Å².